The van der Waals surface area contributed by atoms with Crippen molar-refractivity contribution in [3.05, 3.63) is 0 Å². The van der Waals surface area contributed by atoms with E-state index in [4.69, 9.17) is 0 Å². The summed E-state index contributed by atoms with van der Waals surface area (Å²) in [5.74, 6) is 0.0375. The van der Waals surface area contributed by atoms with Crippen molar-refractivity contribution in [3.63, 3.8) is 0 Å². The van der Waals surface area contributed by atoms with E-state index >= 15 is 0 Å². The van der Waals surface area contributed by atoms with Crippen LogP contribution in [0.4, 0.5) is 4.79 Å². The zero-order chi connectivity index (χ0) is 14.3. The molecule has 1 fully saturated rings. The highest BCUT2D eigenvalue weighted by Crippen LogP contribution is 2.33. The highest BCUT2D eigenvalue weighted by Gasteiger charge is 2.46. The van der Waals surface area contributed by atoms with Gasteiger partial charge in [-0.05, 0) is 37.2 Å². The van der Waals surface area contributed by atoms with Crippen molar-refractivity contribution in [2.75, 3.05) is 18.6 Å². The number of aliphatic carboxylic acids is 1. The Balaban J connectivity index is 2.53. The molecule has 0 aliphatic heterocycles. The second-order valence-corrected chi connectivity index (χ2v) is 6.14. The number of nitrogens with one attached hydrogen (secondary N) is 2. The third kappa shape index (κ3) is 4.30. The minimum absolute atomic E-state index is 0.0318. The number of carboxylic acid groups (broad SMARTS) is 1. The van der Waals surface area contributed by atoms with Crippen LogP contribution in [0.3, 0.4) is 0 Å². The molecule has 5 nitrogen and oxygen atoms in total. The first-order chi connectivity index (χ1) is 9.03. The molecule has 1 rings (SSSR count). The standard InChI is InChI=1S/C13H24N2O3S/c1-10-6-3-4-7-13(10,11(16)17)15-12(18)14-8-5-9-19-2/h10H,3-9H2,1-2H3,(H,16,17)(H2,14,15,18). The van der Waals surface area contributed by atoms with E-state index in [0.29, 0.717) is 13.0 Å². The van der Waals surface area contributed by atoms with Gasteiger partial charge in [0, 0.05) is 6.54 Å². The van der Waals surface area contributed by atoms with Gasteiger partial charge in [-0.25, -0.2) is 9.59 Å². The number of carbonyl (C=O) groups is 2. The van der Waals surface area contributed by atoms with Crippen LogP contribution in [-0.2, 0) is 4.79 Å². The minimum Gasteiger partial charge on any atom is -0.479 e. The first-order valence-electron chi connectivity index (χ1n) is 6.81. The highest BCUT2D eigenvalue weighted by molar-refractivity contribution is 7.98. The van der Waals surface area contributed by atoms with Crippen molar-refractivity contribution in [3.8, 4) is 0 Å². The Morgan fingerprint density at radius 3 is 2.74 bits per heavy atom. The third-order valence-corrected chi connectivity index (χ3v) is 4.53. The van der Waals surface area contributed by atoms with Gasteiger partial charge in [0.25, 0.3) is 0 Å². The van der Waals surface area contributed by atoms with Crippen molar-refractivity contribution >= 4 is 23.8 Å². The van der Waals surface area contributed by atoms with Crippen LogP contribution in [0.25, 0.3) is 0 Å². The van der Waals surface area contributed by atoms with Crippen molar-refractivity contribution in [2.24, 2.45) is 5.92 Å². The summed E-state index contributed by atoms with van der Waals surface area (Å²) in [4.78, 5) is 23.4. The molecule has 2 amide bonds. The van der Waals surface area contributed by atoms with E-state index in [9.17, 15) is 14.7 Å². The van der Waals surface area contributed by atoms with E-state index in [1.807, 2.05) is 13.2 Å². The van der Waals surface area contributed by atoms with Gasteiger partial charge in [-0.15, -0.1) is 0 Å². The molecule has 6 heteroatoms. The average Bonchev–Trinajstić information content (AvgIpc) is 2.37. The highest BCUT2D eigenvalue weighted by atomic mass is 32.2. The predicted octanol–water partition coefficient (Wildman–Crippen LogP) is 2.07. The minimum atomic E-state index is -1.10. The van der Waals surface area contributed by atoms with Crippen LogP contribution >= 0.6 is 11.8 Å². The summed E-state index contributed by atoms with van der Waals surface area (Å²) >= 11 is 1.73. The van der Waals surface area contributed by atoms with Crippen LogP contribution in [0.15, 0.2) is 0 Å². The fourth-order valence-electron chi connectivity index (χ4n) is 2.57. The molecule has 1 aliphatic carbocycles. The Bertz CT molecular complexity index is 325. The largest absolute Gasteiger partial charge is 0.479 e. The summed E-state index contributed by atoms with van der Waals surface area (Å²) in [5, 5.41) is 14.9. The molecule has 3 N–H and O–H groups in total. The van der Waals surface area contributed by atoms with Crippen LogP contribution in [0.2, 0.25) is 0 Å². The first-order valence-corrected chi connectivity index (χ1v) is 8.20. The summed E-state index contributed by atoms with van der Waals surface area (Å²) in [6.45, 7) is 2.48. The second kappa shape index (κ2) is 7.62. The molecule has 110 valence electrons. The molecule has 0 bridgehead atoms. The van der Waals surface area contributed by atoms with Crippen molar-refractivity contribution < 1.29 is 14.7 Å². The monoisotopic (exact) mass is 288 g/mol. The number of carboxylic acids is 1. The SMILES string of the molecule is CSCCCNC(=O)NC1(C(=O)O)CCCCC1C. The van der Waals surface area contributed by atoms with Gasteiger partial charge < -0.3 is 15.7 Å². The van der Waals surface area contributed by atoms with Crippen LogP contribution in [0.5, 0.6) is 0 Å². The molecular weight excluding hydrogens is 264 g/mol. The normalized spacial score (nSPS) is 26.7. The molecule has 1 aliphatic rings. The Morgan fingerprint density at radius 2 is 2.16 bits per heavy atom. The van der Waals surface area contributed by atoms with Crippen LogP contribution in [-0.4, -0.2) is 41.2 Å². The average molecular weight is 288 g/mol. The summed E-state index contributed by atoms with van der Waals surface area (Å²) in [5.41, 5.74) is -1.10. The number of hydrogen-bond donors (Lipinski definition) is 3. The number of amides is 2. The molecule has 0 aromatic rings. The lowest BCUT2D eigenvalue weighted by Crippen LogP contribution is -2.61. The van der Waals surface area contributed by atoms with Crippen molar-refractivity contribution in [2.45, 2.75) is 44.6 Å². The molecular formula is C13H24N2O3S. The van der Waals surface area contributed by atoms with Gasteiger partial charge in [-0.3, -0.25) is 0 Å². The van der Waals surface area contributed by atoms with Gasteiger partial charge in [0.1, 0.15) is 5.54 Å². The molecule has 2 unspecified atom stereocenters. The molecule has 0 saturated heterocycles. The van der Waals surface area contributed by atoms with E-state index in [1.54, 1.807) is 11.8 Å². The maximum atomic E-state index is 11.8. The number of urea groups is 1. The quantitative estimate of drug-likeness (QED) is 0.654. The molecule has 0 heterocycles. The Hall–Kier alpha value is -0.910. The third-order valence-electron chi connectivity index (χ3n) is 3.83. The number of thioether (sulfide) groups is 1. The van der Waals surface area contributed by atoms with Crippen LogP contribution < -0.4 is 10.6 Å². The molecule has 0 spiro atoms. The summed E-state index contributed by atoms with van der Waals surface area (Å²) < 4.78 is 0. The van der Waals surface area contributed by atoms with E-state index in [0.717, 1.165) is 31.4 Å². The van der Waals surface area contributed by atoms with Crippen LogP contribution in [0, 0.1) is 5.92 Å². The van der Waals surface area contributed by atoms with Gasteiger partial charge in [-0.2, -0.15) is 11.8 Å². The Kier molecular flexibility index (Phi) is 6.48. The Labute approximate surface area is 118 Å². The fourth-order valence-corrected chi connectivity index (χ4v) is 3.00. The first kappa shape index (κ1) is 16.1. The van der Waals surface area contributed by atoms with E-state index in [1.165, 1.54) is 0 Å². The molecule has 0 aromatic heterocycles. The Morgan fingerprint density at radius 1 is 1.42 bits per heavy atom. The summed E-state index contributed by atoms with van der Waals surface area (Å²) in [6.07, 6.45) is 6.16. The van der Waals surface area contributed by atoms with E-state index in [-0.39, 0.29) is 11.9 Å². The molecule has 2 atom stereocenters. The van der Waals surface area contributed by atoms with Gasteiger partial charge >= 0.3 is 12.0 Å². The van der Waals surface area contributed by atoms with E-state index in [2.05, 4.69) is 10.6 Å². The van der Waals surface area contributed by atoms with Crippen LogP contribution in [0.1, 0.15) is 39.0 Å². The molecule has 19 heavy (non-hydrogen) atoms. The molecule has 1 saturated carbocycles. The molecule has 0 aromatic carbocycles. The lowest BCUT2D eigenvalue weighted by molar-refractivity contribution is -0.148. The van der Waals surface area contributed by atoms with Gasteiger partial charge in [0.2, 0.25) is 0 Å². The number of hydrogen-bond acceptors (Lipinski definition) is 3. The number of carbonyl (C=O) groups excluding carboxylic acids is 1. The van der Waals surface area contributed by atoms with E-state index < -0.39 is 11.5 Å². The van der Waals surface area contributed by atoms with Gasteiger partial charge in [0.15, 0.2) is 0 Å². The molecule has 0 radical (unpaired) electrons. The zero-order valence-corrected chi connectivity index (χ0v) is 12.5. The predicted molar refractivity (Wildman–Crippen MR) is 77.5 cm³/mol. The summed E-state index contributed by atoms with van der Waals surface area (Å²) in [6, 6.07) is -0.364. The smallest absolute Gasteiger partial charge is 0.329 e. The number of rotatable bonds is 6. The maximum absolute atomic E-state index is 11.8. The fraction of sp³-hybridized carbons (Fsp3) is 0.846. The second-order valence-electron chi connectivity index (χ2n) is 5.15. The maximum Gasteiger partial charge on any atom is 0.329 e. The zero-order valence-electron chi connectivity index (χ0n) is 11.7. The van der Waals surface area contributed by atoms with Crippen molar-refractivity contribution in [1.29, 1.82) is 0 Å². The lowest BCUT2D eigenvalue weighted by Gasteiger charge is -2.39. The van der Waals surface area contributed by atoms with Gasteiger partial charge in [-0.1, -0.05) is 19.8 Å². The van der Waals surface area contributed by atoms with Gasteiger partial charge in [0.05, 0.1) is 0 Å². The van der Waals surface area contributed by atoms with Crippen molar-refractivity contribution in [1.82, 2.24) is 10.6 Å². The summed E-state index contributed by atoms with van der Waals surface area (Å²) in [7, 11) is 0. The topological polar surface area (TPSA) is 78.4 Å². The lowest BCUT2D eigenvalue weighted by atomic mass is 9.73.